The largest absolute Gasteiger partial charge is 0.507 e. The van der Waals surface area contributed by atoms with Gasteiger partial charge < -0.3 is 35.2 Å². The van der Waals surface area contributed by atoms with Gasteiger partial charge >= 0.3 is 0 Å². The highest BCUT2D eigenvalue weighted by atomic mass is 16.5. The Morgan fingerprint density at radius 2 is 1.60 bits per heavy atom. The van der Waals surface area contributed by atoms with Crippen LogP contribution in [0.1, 0.15) is 81.3 Å². The highest BCUT2D eigenvalue weighted by Gasteiger charge is 2.42. The molecule has 14 heteroatoms. The maximum Gasteiger partial charge on any atom is 0.249 e. The van der Waals surface area contributed by atoms with Crippen LogP contribution in [0.2, 0.25) is 0 Å². The fraction of sp³-hybridized carbons (Fsp3) is 0.479. The predicted molar refractivity (Wildman–Crippen MR) is 239 cm³/mol. The fourth-order valence-corrected chi connectivity index (χ4v) is 11.3. The van der Waals surface area contributed by atoms with Crippen LogP contribution in [0.5, 0.6) is 11.5 Å². The van der Waals surface area contributed by atoms with Crippen LogP contribution in [-0.4, -0.2) is 119 Å². The van der Waals surface area contributed by atoms with Crippen molar-refractivity contribution in [2.75, 3.05) is 72.8 Å². The van der Waals surface area contributed by atoms with Crippen LogP contribution in [0.3, 0.4) is 0 Å². The van der Waals surface area contributed by atoms with E-state index in [2.05, 4.69) is 78.4 Å². The second-order valence-corrected chi connectivity index (χ2v) is 18.3. The molecule has 4 atom stereocenters. The van der Waals surface area contributed by atoms with E-state index in [0.717, 1.165) is 88.4 Å². The molecule has 0 unspecified atom stereocenters. The molecule has 0 aliphatic carbocycles. The summed E-state index contributed by atoms with van der Waals surface area (Å²) >= 11 is 0. The van der Waals surface area contributed by atoms with Gasteiger partial charge in [0, 0.05) is 93.0 Å². The van der Waals surface area contributed by atoms with E-state index in [-0.39, 0.29) is 35.6 Å². The summed E-state index contributed by atoms with van der Waals surface area (Å²) in [4.78, 5) is 49.6. The molecule has 324 valence electrons. The number of nitrogens with zero attached hydrogens (tertiary/aromatic N) is 7. The molecule has 14 nitrogen and oxygen atoms in total. The number of piperazine rings is 1. The summed E-state index contributed by atoms with van der Waals surface area (Å²) in [5.74, 6) is 1.99. The first-order valence-electron chi connectivity index (χ1n) is 22.6. The summed E-state index contributed by atoms with van der Waals surface area (Å²) in [6, 6.07) is 24.4. The topological polar surface area (TPSA) is 161 Å². The molecule has 4 N–H and O–H groups in total. The summed E-state index contributed by atoms with van der Waals surface area (Å²) < 4.78 is 6.60. The number of nitrogens with one attached hydrogen (secondary N) is 1. The second-order valence-electron chi connectivity index (χ2n) is 18.3. The van der Waals surface area contributed by atoms with E-state index < -0.39 is 0 Å². The van der Waals surface area contributed by atoms with Gasteiger partial charge in [-0.3, -0.25) is 24.6 Å². The summed E-state index contributed by atoms with van der Waals surface area (Å²) in [6.45, 7) is 8.26. The molecule has 0 saturated carbocycles. The number of phenols is 1. The van der Waals surface area contributed by atoms with Crippen LogP contribution in [0.15, 0.2) is 72.8 Å². The number of nitrogens with two attached hydrogens (primary N) is 1. The number of aromatic nitrogens is 2. The van der Waals surface area contributed by atoms with Crippen molar-refractivity contribution in [3.05, 3.63) is 83.9 Å². The van der Waals surface area contributed by atoms with E-state index in [1.807, 2.05) is 29.2 Å². The van der Waals surface area contributed by atoms with Crippen LogP contribution in [0.25, 0.3) is 11.3 Å². The van der Waals surface area contributed by atoms with E-state index in [9.17, 15) is 19.5 Å². The number of hydrogen-bond donors (Lipinski definition) is 3. The smallest absolute Gasteiger partial charge is 0.249 e. The zero-order valence-electron chi connectivity index (χ0n) is 35.5. The van der Waals surface area contributed by atoms with Crippen molar-refractivity contribution in [1.29, 1.82) is 0 Å². The van der Waals surface area contributed by atoms with Crippen LogP contribution < -0.4 is 30.5 Å². The maximum atomic E-state index is 13.6. The number of anilines is 4. The van der Waals surface area contributed by atoms with Gasteiger partial charge in [-0.2, -0.15) is 0 Å². The molecule has 0 radical (unpaired) electrons. The van der Waals surface area contributed by atoms with Gasteiger partial charge in [-0.25, -0.2) is 0 Å². The normalized spacial score (nSPS) is 24.7. The van der Waals surface area contributed by atoms with Crippen LogP contribution in [0.4, 0.5) is 22.9 Å². The second kappa shape index (κ2) is 16.8. The third-order valence-electron chi connectivity index (χ3n) is 14.4. The Balaban J connectivity index is 0.704. The first kappa shape index (κ1) is 40.2. The van der Waals surface area contributed by atoms with E-state index >= 15 is 0 Å². The zero-order valence-corrected chi connectivity index (χ0v) is 35.5. The highest BCUT2D eigenvalue weighted by Crippen LogP contribution is 2.45. The molecule has 6 aliphatic rings. The number of carbonyl (C=O) groups is 3. The number of para-hydroxylation sites is 1. The molecule has 10 rings (SSSR count). The van der Waals surface area contributed by atoms with Crippen molar-refractivity contribution in [1.82, 2.24) is 25.3 Å². The van der Waals surface area contributed by atoms with Crippen LogP contribution >= 0.6 is 0 Å². The number of likely N-dealkylation sites (tertiary alicyclic amines) is 2. The first-order valence-corrected chi connectivity index (χ1v) is 22.6. The Morgan fingerprint density at radius 3 is 2.35 bits per heavy atom. The van der Waals surface area contributed by atoms with Crippen LogP contribution in [-0.2, 0) is 14.4 Å². The molecule has 62 heavy (non-hydrogen) atoms. The van der Waals surface area contributed by atoms with Gasteiger partial charge in [0.1, 0.15) is 23.6 Å². The Hall–Kier alpha value is -5.89. The molecule has 6 aliphatic heterocycles. The number of aromatic hydroxyl groups is 1. The van der Waals surface area contributed by atoms with Crippen molar-refractivity contribution >= 4 is 40.6 Å². The van der Waals surface area contributed by atoms with Gasteiger partial charge in [-0.05, 0) is 98.6 Å². The SMILES string of the molecule is C[C@@H]1CN([C@@H]2CCC(=O)NC2=O)c2cccc(C3CCN(CC(=O)N4CCC(Oc5cccc(N6[C@@H]7CC[C@H]6CN(c6cc(-c8ccccc8O)nnc6N)C7)c5)CC4)CC3)c21. The van der Waals surface area contributed by atoms with Crippen molar-refractivity contribution in [3.63, 3.8) is 0 Å². The molecule has 5 saturated heterocycles. The molecule has 7 heterocycles. The Bertz CT molecular complexity index is 2330. The number of nitrogen functional groups attached to an aromatic ring is 1. The standard InChI is InChI=1S/C48H57N9O5/c1-30-26-56(41-14-15-44(59)50-48(41)61)40-10-5-9-37(46(30)40)31-16-20-53(21-17-31)29-45(60)54-22-18-35(19-23-54)62-36-7-4-6-32(24-36)57-33-12-13-34(57)28-55(27-33)42-25-39(51-52-47(42)49)38-8-2-3-11-43(38)58/h2-11,24-25,30-31,33-35,41,58H,12-23,26-29H2,1H3,(H2,49,52)(H,50,59,61)/t30-,33-,34+,41-/m1/s1. The van der Waals surface area contributed by atoms with Gasteiger partial charge in [0.25, 0.3) is 0 Å². The predicted octanol–water partition coefficient (Wildman–Crippen LogP) is 5.27. The average Bonchev–Trinajstić information content (AvgIpc) is 3.76. The minimum atomic E-state index is -0.303. The number of benzene rings is 3. The third kappa shape index (κ3) is 7.77. The van der Waals surface area contributed by atoms with Gasteiger partial charge in [0.05, 0.1) is 17.9 Å². The minimum Gasteiger partial charge on any atom is -0.507 e. The monoisotopic (exact) mass is 839 g/mol. The molecular formula is C48H57N9O5. The number of fused-ring (bicyclic) bond motifs is 3. The van der Waals surface area contributed by atoms with Crippen molar-refractivity contribution in [2.24, 2.45) is 0 Å². The molecule has 4 aromatic rings. The molecule has 2 bridgehead atoms. The number of rotatable bonds is 9. The summed E-state index contributed by atoms with van der Waals surface area (Å²) in [5.41, 5.74) is 13.5. The molecule has 1 aromatic heterocycles. The molecule has 5 fully saturated rings. The van der Waals surface area contributed by atoms with Gasteiger partial charge in [-0.15, -0.1) is 10.2 Å². The lowest BCUT2D eigenvalue weighted by Crippen LogP contribution is -2.54. The van der Waals surface area contributed by atoms with Crippen molar-refractivity contribution in [3.8, 4) is 22.8 Å². The maximum absolute atomic E-state index is 13.6. The van der Waals surface area contributed by atoms with E-state index in [1.165, 1.54) is 16.8 Å². The van der Waals surface area contributed by atoms with Crippen LogP contribution in [0, 0.1) is 0 Å². The molecule has 3 amide bonds. The minimum absolute atomic E-state index is 0.0555. The van der Waals surface area contributed by atoms with Crippen molar-refractivity contribution < 1.29 is 24.2 Å². The van der Waals surface area contributed by atoms with Gasteiger partial charge in [0.15, 0.2) is 5.82 Å². The Kier molecular flexibility index (Phi) is 10.9. The number of ether oxygens (including phenoxy) is 1. The lowest BCUT2D eigenvalue weighted by molar-refractivity contribution is -0.135. The number of amides is 3. The average molecular weight is 840 g/mol. The van der Waals surface area contributed by atoms with Gasteiger partial charge in [0.2, 0.25) is 17.7 Å². The number of phenolic OH excluding ortho intramolecular Hbond substituents is 1. The highest BCUT2D eigenvalue weighted by molar-refractivity contribution is 6.02. The Morgan fingerprint density at radius 1 is 0.839 bits per heavy atom. The first-order chi connectivity index (χ1) is 30.2. The third-order valence-corrected chi connectivity index (χ3v) is 14.4. The molecular weight excluding hydrogens is 783 g/mol. The molecule has 0 spiro atoms. The Labute approximate surface area is 363 Å². The quantitative estimate of drug-likeness (QED) is 0.188. The van der Waals surface area contributed by atoms with E-state index in [1.54, 1.807) is 12.1 Å². The number of piperidine rings is 3. The zero-order chi connectivity index (χ0) is 42.5. The van der Waals surface area contributed by atoms with E-state index in [0.29, 0.717) is 73.5 Å². The van der Waals surface area contributed by atoms with Crippen molar-refractivity contribution in [2.45, 2.75) is 94.4 Å². The number of hydrogen-bond acceptors (Lipinski definition) is 12. The summed E-state index contributed by atoms with van der Waals surface area (Å²) in [6.07, 6.45) is 6.77. The number of carbonyl (C=O) groups excluding carboxylic acids is 3. The fourth-order valence-electron chi connectivity index (χ4n) is 11.3. The van der Waals surface area contributed by atoms with E-state index in [4.69, 9.17) is 10.5 Å². The molecule has 3 aromatic carbocycles. The lowest BCUT2D eigenvalue weighted by Gasteiger charge is -2.43. The lowest BCUT2D eigenvalue weighted by atomic mass is 9.83. The van der Waals surface area contributed by atoms with Gasteiger partial charge in [-0.1, -0.05) is 37.3 Å². The summed E-state index contributed by atoms with van der Waals surface area (Å²) in [5, 5.41) is 21.5. The summed E-state index contributed by atoms with van der Waals surface area (Å²) in [7, 11) is 0. The number of imide groups is 1.